The zero-order valence-corrected chi connectivity index (χ0v) is 16.1. The summed E-state index contributed by atoms with van der Waals surface area (Å²) in [7, 11) is 0. The quantitative estimate of drug-likeness (QED) is 0.662. The molecule has 1 N–H and O–H groups in total. The van der Waals surface area contributed by atoms with Gasteiger partial charge in [0.2, 0.25) is 0 Å². The molecule has 2 aromatic rings. The zero-order valence-electron chi connectivity index (χ0n) is 16.1. The summed E-state index contributed by atoms with van der Waals surface area (Å²) in [5, 5.41) is 10.9. The molecule has 0 aliphatic heterocycles. The summed E-state index contributed by atoms with van der Waals surface area (Å²) in [5.41, 5.74) is 3.70. The van der Waals surface area contributed by atoms with E-state index in [-0.39, 0.29) is 6.10 Å². The van der Waals surface area contributed by atoms with Crippen molar-refractivity contribution in [3.8, 4) is 0 Å². The van der Waals surface area contributed by atoms with E-state index in [9.17, 15) is 5.11 Å². The van der Waals surface area contributed by atoms with Crippen LogP contribution in [-0.2, 0) is 29.8 Å². The van der Waals surface area contributed by atoms with Gasteiger partial charge < -0.3 is 9.84 Å². The first kappa shape index (κ1) is 19.7. The van der Waals surface area contributed by atoms with Gasteiger partial charge >= 0.3 is 0 Å². The first-order valence-electron chi connectivity index (χ1n) is 9.48. The molecule has 0 aromatic heterocycles. The standard InChI is InChI=1S/C23H32O2/c1-5-7-19-9-11-21(12-10-19)17-25-18(3)23(4,24)22-15-13-20(8-6-2)14-16-22/h9-16,18,24H,5-8,17H2,1-4H3. The summed E-state index contributed by atoms with van der Waals surface area (Å²) in [6.45, 7) is 8.64. The second kappa shape index (κ2) is 9.17. The van der Waals surface area contributed by atoms with E-state index in [1.165, 1.54) is 11.1 Å². The van der Waals surface area contributed by atoms with Crippen LogP contribution in [0, 0.1) is 0 Å². The second-order valence-corrected chi connectivity index (χ2v) is 7.11. The lowest BCUT2D eigenvalue weighted by Crippen LogP contribution is -2.36. The third-order valence-electron chi connectivity index (χ3n) is 4.93. The van der Waals surface area contributed by atoms with E-state index in [0.717, 1.165) is 36.8 Å². The van der Waals surface area contributed by atoms with Crippen molar-refractivity contribution in [1.82, 2.24) is 0 Å². The first-order valence-corrected chi connectivity index (χ1v) is 9.48. The summed E-state index contributed by atoms with van der Waals surface area (Å²) < 4.78 is 5.97. The largest absolute Gasteiger partial charge is 0.383 e. The Morgan fingerprint density at radius 2 is 1.28 bits per heavy atom. The molecule has 0 saturated heterocycles. The molecule has 0 aliphatic rings. The van der Waals surface area contributed by atoms with Crippen molar-refractivity contribution in [3.05, 3.63) is 70.8 Å². The van der Waals surface area contributed by atoms with Crippen LogP contribution in [0.5, 0.6) is 0 Å². The van der Waals surface area contributed by atoms with Crippen molar-refractivity contribution in [2.75, 3.05) is 0 Å². The summed E-state index contributed by atoms with van der Waals surface area (Å²) >= 11 is 0. The van der Waals surface area contributed by atoms with Crippen LogP contribution in [-0.4, -0.2) is 11.2 Å². The highest BCUT2D eigenvalue weighted by Gasteiger charge is 2.31. The molecule has 0 aliphatic carbocycles. The van der Waals surface area contributed by atoms with E-state index >= 15 is 0 Å². The van der Waals surface area contributed by atoms with Crippen molar-refractivity contribution in [2.24, 2.45) is 0 Å². The minimum atomic E-state index is -1.01. The van der Waals surface area contributed by atoms with Crippen LogP contribution in [0.25, 0.3) is 0 Å². The van der Waals surface area contributed by atoms with Crippen molar-refractivity contribution < 1.29 is 9.84 Å². The molecule has 136 valence electrons. The Balaban J connectivity index is 1.96. The molecule has 0 saturated carbocycles. The molecule has 2 unspecified atom stereocenters. The predicted octanol–water partition coefficient (Wildman–Crippen LogP) is 5.40. The normalized spacial score (nSPS) is 14.9. The number of ether oxygens (including phenoxy) is 1. The molecule has 2 nitrogen and oxygen atoms in total. The van der Waals surface area contributed by atoms with Crippen molar-refractivity contribution in [1.29, 1.82) is 0 Å². The van der Waals surface area contributed by atoms with E-state index < -0.39 is 5.60 Å². The Labute approximate surface area is 152 Å². The molecule has 0 amide bonds. The van der Waals surface area contributed by atoms with E-state index in [1.54, 1.807) is 0 Å². The molecule has 25 heavy (non-hydrogen) atoms. The van der Waals surface area contributed by atoms with Crippen LogP contribution in [0.4, 0.5) is 0 Å². The minimum absolute atomic E-state index is 0.292. The van der Waals surface area contributed by atoms with Gasteiger partial charge in [-0.15, -0.1) is 0 Å². The van der Waals surface area contributed by atoms with Gasteiger partial charge in [0.05, 0.1) is 12.7 Å². The molecular weight excluding hydrogens is 308 g/mol. The van der Waals surface area contributed by atoms with Gasteiger partial charge in [-0.3, -0.25) is 0 Å². The summed E-state index contributed by atoms with van der Waals surface area (Å²) in [6, 6.07) is 16.8. The maximum Gasteiger partial charge on any atom is 0.113 e. The molecule has 2 aromatic carbocycles. The Bertz CT molecular complexity index is 626. The Kier molecular flexibility index (Phi) is 7.22. The predicted molar refractivity (Wildman–Crippen MR) is 105 cm³/mol. The van der Waals surface area contributed by atoms with E-state index in [0.29, 0.717) is 6.61 Å². The van der Waals surface area contributed by atoms with Crippen LogP contribution >= 0.6 is 0 Å². The second-order valence-electron chi connectivity index (χ2n) is 7.11. The average molecular weight is 341 g/mol. The molecule has 0 radical (unpaired) electrons. The van der Waals surface area contributed by atoms with E-state index in [1.807, 2.05) is 26.0 Å². The van der Waals surface area contributed by atoms with Gasteiger partial charge in [0.25, 0.3) is 0 Å². The van der Waals surface area contributed by atoms with Gasteiger partial charge in [-0.05, 0) is 48.9 Å². The minimum Gasteiger partial charge on any atom is -0.383 e. The molecule has 0 spiro atoms. The fourth-order valence-electron chi connectivity index (χ4n) is 3.01. The van der Waals surface area contributed by atoms with E-state index in [4.69, 9.17) is 4.74 Å². The molecule has 0 bridgehead atoms. The highest BCUT2D eigenvalue weighted by Crippen LogP contribution is 2.27. The average Bonchev–Trinajstić information content (AvgIpc) is 2.62. The molecule has 0 heterocycles. The molecule has 0 fully saturated rings. The van der Waals surface area contributed by atoms with Gasteiger partial charge in [0.15, 0.2) is 0 Å². The molecule has 2 heteroatoms. The fourth-order valence-corrected chi connectivity index (χ4v) is 3.01. The number of benzene rings is 2. The molecule has 2 rings (SSSR count). The fraction of sp³-hybridized carbons (Fsp3) is 0.478. The van der Waals surface area contributed by atoms with E-state index in [2.05, 4.69) is 50.2 Å². The van der Waals surface area contributed by atoms with Crippen LogP contribution < -0.4 is 0 Å². The van der Waals surface area contributed by atoms with Gasteiger partial charge in [0, 0.05) is 0 Å². The Morgan fingerprint density at radius 3 is 1.76 bits per heavy atom. The SMILES string of the molecule is CCCc1ccc(COC(C)C(C)(O)c2ccc(CCC)cc2)cc1. The summed E-state index contributed by atoms with van der Waals surface area (Å²) in [6.07, 6.45) is 4.18. The smallest absolute Gasteiger partial charge is 0.113 e. The third-order valence-corrected chi connectivity index (χ3v) is 4.93. The van der Waals surface area contributed by atoms with Crippen LogP contribution in [0.15, 0.2) is 48.5 Å². The van der Waals surface area contributed by atoms with Crippen molar-refractivity contribution in [3.63, 3.8) is 0 Å². The van der Waals surface area contributed by atoms with Crippen LogP contribution in [0.1, 0.15) is 62.8 Å². The lowest BCUT2D eigenvalue weighted by atomic mass is 9.90. The summed E-state index contributed by atoms with van der Waals surface area (Å²) in [5.74, 6) is 0. The Morgan fingerprint density at radius 1 is 0.840 bits per heavy atom. The number of aryl methyl sites for hydroxylation is 2. The van der Waals surface area contributed by atoms with Gasteiger partial charge in [-0.1, -0.05) is 75.2 Å². The van der Waals surface area contributed by atoms with Gasteiger partial charge in [0.1, 0.15) is 5.60 Å². The van der Waals surface area contributed by atoms with Gasteiger partial charge in [-0.2, -0.15) is 0 Å². The molecular formula is C23H32O2. The third kappa shape index (κ3) is 5.42. The number of hydrogen-bond donors (Lipinski definition) is 1. The van der Waals surface area contributed by atoms with Crippen LogP contribution in [0.3, 0.4) is 0 Å². The lowest BCUT2D eigenvalue weighted by Gasteiger charge is -2.31. The highest BCUT2D eigenvalue weighted by atomic mass is 16.5. The van der Waals surface area contributed by atoms with Crippen molar-refractivity contribution >= 4 is 0 Å². The lowest BCUT2D eigenvalue weighted by molar-refractivity contribution is -0.101. The summed E-state index contributed by atoms with van der Waals surface area (Å²) in [4.78, 5) is 0. The number of hydrogen-bond acceptors (Lipinski definition) is 2. The first-order chi connectivity index (χ1) is 12.0. The van der Waals surface area contributed by atoms with Gasteiger partial charge in [-0.25, -0.2) is 0 Å². The maximum absolute atomic E-state index is 10.9. The Hall–Kier alpha value is -1.64. The number of aliphatic hydroxyl groups is 1. The highest BCUT2D eigenvalue weighted by molar-refractivity contribution is 5.28. The van der Waals surface area contributed by atoms with Crippen LogP contribution in [0.2, 0.25) is 0 Å². The molecule has 2 atom stereocenters. The van der Waals surface area contributed by atoms with Crippen molar-refractivity contribution in [2.45, 2.75) is 71.7 Å². The maximum atomic E-state index is 10.9. The number of rotatable bonds is 9. The monoisotopic (exact) mass is 340 g/mol. The topological polar surface area (TPSA) is 29.5 Å². The zero-order chi connectivity index (χ0) is 18.3.